The van der Waals surface area contributed by atoms with Crippen LogP contribution in [0.25, 0.3) is 5.69 Å². The molecule has 3 heterocycles. The van der Waals surface area contributed by atoms with Gasteiger partial charge in [0, 0.05) is 45.2 Å². The number of guanidine groups is 1. The van der Waals surface area contributed by atoms with E-state index < -0.39 is 0 Å². The van der Waals surface area contributed by atoms with Gasteiger partial charge in [-0.25, -0.2) is 4.68 Å². The molecular weight excluding hydrogens is 402 g/mol. The zero-order valence-corrected chi connectivity index (χ0v) is 19.3. The Balaban J connectivity index is 1.22. The molecule has 2 saturated heterocycles. The number of nitrogens with one attached hydrogen (secondary N) is 1. The monoisotopic (exact) mass is 439 g/mol. The van der Waals surface area contributed by atoms with Gasteiger partial charge in [0.25, 0.3) is 0 Å². The molecule has 32 heavy (non-hydrogen) atoms. The minimum absolute atomic E-state index is 0.300. The van der Waals surface area contributed by atoms with Crippen molar-refractivity contribution in [2.75, 3.05) is 39.4 Å². The Morgan fingerprint density at radius 3 is 2.72 bits per heavy atom. The maximum atomic E-state index is 6.17. The molecule has 2 fully saturated rings. The van der Waals surface area contributed by atoms with Crippen LogP contribution in [0.3, 0.4) is 0 Å². The smallest absolute Gasteiger partial charge is 0.193 e. The van der Waals surface area contributed by atoms with Gasteiger partial charge in [-0.3, -0.25) is 4.99 Å². The van der Waals surface area contributed by atoms with Gasteiger partial charge >= 0.3 is 0 Å². The van der Waals surface area contributed by atoms with Crippen LogP contribution in [0, 0.1) is 0 Å². The Bertz CT molecular complexity index is 807. The second-order valence-corrected chi connectivity index (χ2v) is 8.61. The number of ether oxygens (including phenoxy) is 2. The first-order valence-corrected chi connectivity index (χ1v) is 12.2. The van der Waals surface area contributed by atoms with Crippen molar-refractivity contribution < 1.29 is 9.47 Å². The first kappa shape index (κ1) is 22.8. The van der Waals surface area contributed by atoms with Crippen LogP contribution in [-0.4, -0.2) is 72.2 Å². The second-order valence-electron chi connectivity index (χ2n) is 8.61. The van der Waals surface area contributed by atoms with E-state index in [0.29, 0.717) is 12.2 Å². The van der Waals surface area contributed by atoms with Gasteiger partial charge in [0.1, 0.15) is 0 Å². The summed E-state index contributed by atoms with van der Waals surface area (Å²) >= 11 is 0. The normalized spacial score (nSPS) is 20.5. The molecule has 0 aliphatic carbocycles. The molecule has 2 aliphatic heterocycles. The minimum Gasteiger partial charge on any atom is -0.376 e. The van der Waals surface area contributed by atoms with Crippen molar-refractivity contribution in [3.8, 4) is 5.69 Å². The summed E-state index contributed by atoms with van der Waals surface area (Å²) in [6, 6.07) is 10.5. The van der Waals surface area contributed by atoms with E-state index in [1.54, 1.807) is 6.20 Å². The topological polar surface area (TPSA) is 63.9 Å². The van der Waals surface area contributed by atoms with Crippen molar-refractivity contribution in [2.24, 2.45) is 4.99 Å². The third-order valence-corrected chi connectivity index (χ3v) is 6.24. The number of piperidine rings is 1. The molecule has 1 aromatic heterocycles. The Hall–Kier alpha value is -2.38. The summed E-state index contributed by atoms with van der Waals surface area (Å²) in [6.45, 7) is 7.40. The summed E-state index contributed by atoms with van der Waals surface area (Å²) in [5.74, 6) is 1.02. The molecule has 1 aromatic carbocycles. The molecule has 0 bridgehead atoms. The number of aromatic nitrogens is 2. The predicted octanol–water partition coefficient (Wildman–Crippen LogP) is 3.43. The highest BCUT2D eigenvalue weighted by Crippen LogP contribution is 2.18. The lowest BCUT2D eigenvalue weighted by Gasteiger charge is -2.35. The van der Waals surface area contributed by atoms with E-state index in [9.17, 15) is 0 Å². The molecule has 2 aliphatic rings. The summed E-state index contributed by atoms with van der Waals surface area (Å²) in [6.07, 6.45) is 11.0. The average Bonchev–Trinajstić information content (AvgIpc) is 3.39. The van der Waals surface area contributed by atoms with Crippen molar-refractivity contribution in [3.63, 3.8) is 0 Å². The Labute approximate surface area is 191 Å². The van der Waals surface area contributed by atoms with Gasteiger partial charge in [0.2, 0.25) is 0 Å². The summed E-state index contributed by atoms with van der Waals surface area (Å²) < 4.78 is 13.8. The van der Waals surface area contributed by atoms with Crippen LogP contribution in [0.2, 0.25) is 0 Å². The maximum Gasteiger partial charge on any atom is 0.193 e. The van der Waals surface area contributed by atoms with E-state index >= 15 is 0 Å². The third kappa shape index (κ3) is 6.56. The number of nitrogens with zero attached hydrogens (tertiary/aromatic N) is 4. The summed E-state index contributed by atoms with van der Waals surface area (Å²) in [7, 11) is 0. The van der Waals surface area contributed by atoms with E-state index in [0.717, 1.165) is 76.7 Å². The average molecular weight is 440 g/mol. The van der Waals surface area contributed by atoms with E-state index in [4.69, 9.17) is 14.5 Å². The van der Waals surface area contributed by atoms with Gasteiger partial charge in [-0.1, -0.05) is 12.1 Å². The Morgan fingerprint density at radius 1 is 1.19 bits per heavy atom. The lowest BCUT2D eigenvalue weighted by atomic mass is 10.1. The van der Waals surface area contributed by atoms with E-state index in [1.165, 1.54) is 18.4 Å². The molecule has 0 radical (unpaired) electrons. The predicted molar refractivity (Wildman–Crippen MR) is 127 cm³/mol. The molecule has 1 N–H and O–H groups in total. The van der Waals surface area contributed by atoms with E-state index in [-0.39, 0.29) is 0 Å². The zero-order chi connectivity index (χ0) is 22.0. The van der Waals surface area contributed by atoms with Gasteiger partial charge in [-0.05, 0) is 69.2 Å². The van der Waals surface area contributed by atoms with Gasteiger partial charge in [-0.15, -0.1) is 0 Å². The molecule has 1 unspecified atom stereocenters. The van der Waals surface area contributed by atoms with Crippen molar-refractivity contribution in [2.45, 2.75) is 57.7 Å². The van der Waals surface area contributed by atoms with Gasteiger partial charge < -0.3 is 19.7 Å². The standard InChI is InChI=1S/C25H37N5O2/c1-2-26-25(27-15-11-21-7-9-22(10-8-21)30-16-5-14-28-30)29-17-12-23(13-18-29)32-20-24-6-3-4-19-31-24/h5,7-10,14,16,23-24H,2-4,6,11-13,15,17-20H2,1H3,(H,26,27). The van der Waals surface area contributed by atoms with Crippen LogP contribution in [0.15, 0.2) is 47.7 Å². The zero-order valence-electron chi connectivity index (χ0n) is 19.3. The van der Waals surface area contributed by atoms with Crippen LogP contribution in [-0.2, 0) is 15.9 Å². The van der Waals surface area contributed by atoms with Crippen LogP contribution in [0.5, 0.6) is 0 Å². The highest BCUT2D eigenvalue weighted by atomic mass is 16.5. The fourth-order valence-corrected chi connectivity index (χ4v) is 4.37. The number of hydrogen-bond acceptors (Lipinski definition) is 4. The Kier molecular flexibility index (Phi) is 8.56. The minimum atomic E-state index is 0.300. The molecule has 0 spiro atoms. The molecule has 7 nitrogen and oxygen atoms in total. The van der Waals surface area contributed by atoms with Crippen LogP contribution >= 0.6 is 0 Å². The second kappa shape index (κ2) is 12.0. The maximum absolute atomic E-state index is 6.17. The molecule has 7 heteroatoms. The first-order chi connectivity index (χ1) is 15.8. The van der Waals surface area contributed by atoms with Crippen molar-refractivity contribution in [1.82, 2.24) is 20.0 Å². The molecule has 0 saturated carbocycles. The molecule has 0 amide bonds. The SMILES string of the molecule is CCNC(=NCCc1ccc(-n2cccn2)cc1)N1CCC(OCC2CCCCO2)CC1. The number of benzene rings is 1. The van der Waals surface area contributed by atoms with Gasteiger partial charge in [-0.2, -0.15) is 5.10 Å². The fourth-order valence-electron chi connectivity index (χ4n) is 4.37. The highest BCUT2D eigenvalue weighted by molar-refractivity contribution is 5.80. The highest BCUT2D eigenvalue weighted by Gasteiger charge is 2.23. The lowest BCUT2D eigenvalue weighted by Crippen LogP contribution is -2.47. The van der Waals surface area contributed by atoms with Crippen molar-refractivity contribution in [3.05, 3.63) is 48.3 Å². The first-order valence-electron chi connectivity index (χ1n) is 12.2. The number of likely N-dealkylation sites (tertiary alicyclic amines) is 1. The van der Waals surface area contributed by atoms with E-state index in [1.807, 2.05) is 16.9 Å². The number of hydrogen-bond donors (Lipinski definition) is 1. The number of aliphatic imine (C=N–C) groups is 1. The molecule has 1 atom stereocenters. The fraction of sp³-hybridized carbons (Fsp3) is 0.600. The number of rotatable bonds is 8. The lowest BCUT2D eigenvalue weighted by molar-refractivity contribution is -0.0721. The van der Waals surface area contributed by atoms with Crippen molar-refractivity contribution >= 4 is 5.96 Å². The molecular formula is C25H37N5O2. The van der Waals surface area contributed by atoms with Crippen LogP contribution < -0.4 is 5.32 Å². The van der Waals surface area contributed by atoms with E-state index in [2.05, 4.69) is 46.5 Å². The summed E-state index contributed by atoms with van der Waals surface area (Å²) in [4.78, 5) is 7.28. The van der Waals surface area contributed by atoms with Gasteiger partial charge in [0.05, 0.1) is 24.5 Å². The quantitative estimate of drug-likeness (QED) is 0.504. The summed E-state index contributed by atoms with van der Waals surface area (Å²) in [5, 5.41) is 7.75. The molecule has 2 aromatic rings. The van der Waals surface area contributed by atoms with Crippen LogP contribution in [0.1, 0.15) is 44.6 Å². The van der Waals surface area contributed by atoms with Crippen molar-refractivity contribution in [1.29, 1.82) is 0 Å². The third-order valence-electron chi connectivity index (χ3n) is 6.24. The largest absolute Gasteiger partial charge is 0.376 e. The Morgan fingerprint density at radius 2 is 2.03 bits per heavy atom. The van der Waals surface area contributed by atoms with Gasteiger partial charge in [0.15, 0.2) is 5.96 Å². The van der Waals surface area contributed by atoms with Crippen LogP contribution in [0.4, 0.5) is 0 Å². The molecule has 174 valence electrons. The molecule has 4 rings (SSSR count). The summed E-state index contributed by atoms with van der Waals surface area (Å²) in [5.41, 5.74) is 2.37.